The molecule has 2 fully saturated rings. The average Bonchev–Trinajstić information content (AvgIpc) is 2.43. The number of hydrogen-bond donors (Lipinski definition) is 3. The van der Waals surface area contributed by atoms with E-state index in [1.165, 1.54) is 0 Å². The van der Waals surface area contributed by atoms with Crippen molar-refractivity contribution in [2.75, 3.05) is 6.54 Å². The van der Waals surface area contributed by atoms with E-state index in [9.17, 15) is 14.4 Å². The van der Waals surface area contributed by atoms with Gasteiger partial charge in [0.1, 0.15) is 5.54 Å². The van der Waals surface area contributed by atoms with Gasteiger partial charge in [0.25, 0.3) is 5.91 Å². The molecule has 0 radical (unpaired) electrons. The molecule has 2 rings (SSSR count). The topological polar surface area (TPSA) is 87.3 Å². The molecule has 64 valence electrons. The minimum Gasteiger partial charge on any atom is -0.353 e. The Balaban J connectivity index is 2.27. The van der Waals surface area contributed by atoms with Crippen molar-refractivity contribution >= 4 is 17.8 Å². The van der Waals surface area contributed by atoms with Crippen LogP contribution in [0.5, 0.6) is 0 Å². The van der Waals surface area contributed by atoms with E-state index < -0.39 is 17.5 Å². The van der Waals surface area contributed by atoms with Crippen LogP contribution in [0.2, 0.25) is 0 Å². The molecule has 4 amide bonds. The zero-order valence-electron chi connectivity index (χ0n) is 6.14. The maximum atomic E-state index is 11.2. The van der Waals surface area contributed by atoms with Gasteiger partial charge in [-0.25, -0.2) is 4.79 Å². The SMILES string of the molecule is O=C1CC2(CN1)NC(=O)NC2=O. The number of carbonyl (C=O) groups excluding carboxylic acids is 3. The Bertz CT molecular complexity index is 284. The molecule has 1 unspecified atom stereocenters. The number of nitrogens with one attached hydrogen (secondary N) is 3. The van der Waals surface area contributed by atoms with E-state index in [0.29, 0.717) is 0 Å². The van der Waals surface area contributed by atoms with Crippen LogP contribution in [0.1, 0.15) is 6.42 Å². The highest BCUT2D eigenvalue weighted by Crippen LogP contribution is 2.18. The van der Waals surface area contributed by atoms with E-state index in [-0.39, 0.29) is 18.9 Å². The van der Waals surface area contributed by atoms with Gasteiger partial charge < -0.3 is 10.6 Å². The van der Waals surface area contributed by atoms with E-state index in [2.05, 4.69) is 16.0 Å². The maximum Gasteiger partial charge on any atom is 0.322 e. The summed E-state index contributed by atoms with van der Waals surface area (Å²) in [5.74, 6) is -0.641. The van der Waals surface area contributed by atoms with Crippen molar-refractivity contribution in [3.63, 3.8) is 0 Å². The number of rotatable bonds is 0. The van der Waals surface area contributed by atoms with Crippen molar-refractivity contribution in [1.29, 1.82) is 0 Å². The number of urea groups is 1. The van der Waals surface area contributed by atoms with Crippen LogP contribution in [0, 0.1) is 0 Å². The number of carbonyl (C=O) groups is 3. The van der Waals surface area contributed by atoms with Gasteiger partial charge in [-0.3, -0.25) is 14.9 Å². The number of imide groups is 1. The highest BCUT2D eigenvalue weighted by molar-refractivity contribution is 6.10. The molecule has 2 saturated heterocycles. The summed E-state index contributed by atoms with van der Waals surface area (Å²) in [5, 5.41) is 7.00. The molecule has 0 aromatic carbocycles. The van der Waals surface area contributed by atoms with Crippen LogP contribution in [0.4, 0.5) is 4.79 Å². The first-order valence-electron chi connectivity index (χ1n) is 3.53. The summed E-state index contributed by atoms with van der Waals surface area (Å²) in [4.78, 5) is 32.7. The maximum absolute atomic E-state index is 11.2. The Hall–Kier alpha value is -1.59. The minimum absolute atomic E-state index is 0.0323. The zero-order chi connectivity index (χ0) is 8.77. The fourth-order valence-corrected chi connectivity index (χ4v) is 1.43. The molecule has 2 aliphatic heterocycles. The molecule has 6 heteroatoms. The first-order chi connectivity index (χ1) is 5.62. The first kappa shape index (κ1) is 7.08. The molecule has 2 heterocycles. The van der Waals surface area contributed by atoms with Crippen molar-refractivity contribution < 1.29 is 14.4 Å². The van der Waals surface area contributed by atoms with Crippen LogP contribution in [0.25, 0.3) is 0 Å². The summed E-state index contributed by atoms with van der Waals surface area (Å²) >= 11 is 0. The van der Waals surface area contributed by atoms with Crippen molar-refractivity contribution in [2.24, 2.45) is 0 Å². The van der Waals surface area contributed by atoms with Gasteiger partial charge in [-0.1, -0.05) is 0 Å². The highest BCUT2D eigenvalue weighted by Gasteiger charge is 2.51. The van der Waals surface area contributed by atoms with E-state index in [1.807, 2.05) is 0 Å². The third-order valence-electron chi connectivity index (χ3n) is 2.06. The third-order valence-corrected chi connectivity index (χ3v) is 2.06. The van der Waals surface area contributed by atoms with Gasteiger partial charge in [0.05, 0.1) is 13.0 Å². The Morgan fingerprint density at radius 2 is 2.00 bits per heavy atom. The molecule has 12 heavy (non-hydrogen) atoms. The Kier molecular flexibility index (Phi) is 1.16. The fraction of sp³-hybridized carbons (Fsp3) is 0.500. The van der Waals surface area contributed by atoms with Gasteiger partial charge in [-0.2, -0.15) is 0 Å². The van der Waals surface area contributed by atoms with E-state index in [0.717, 1.165) is 0 Å². The number of hydrogen-bond acceptors (Lipinski definition) is 3. The van der Waals surface area contributed by atoms with Gasteiger partial charge in [0.2, 0.25) is 5.91 Å². The Morgan fingerprint density at radius 1 is 1.25 bits per heavy atom. The van der Waals surface area contributed by atoms with Crippen LogP contribution in [-0.2, 0) is 9.59 Å². The lowest BCUT2D eigenvalue weighted by Crippen LogP contribution is -2.48. The predicted molar refractivity (Wildman–Crippen MR) is 37.0 cm³/mol. The zero-order valence-corrected chi connectivity index (χ0v) is 6.14. The fourth-order valence-electron chi connectivity index (χ4n) is 1.43. The van der Waals surface area contributed by atoms with Gasteiger partial charge in [0.15, 0.2) is 0 Å². The summed E-state index contributed by atoms with van der Waals surface area (Å²) in [6.07, 6.45) is 0.0323. The standard InChI is InChI=1S/C6H7N3O3/c10-3-1-6(2-7-3)4(11)8-5(12)9-6/h1-2H2,(H,7,10)(H2,8,9,11,12). The third kappa shape index (κ3) is 0.775. The summed E-state index contributed by atoms with van der Waals surface area (Å²) in [6.45, 7) is 0.184. The van der Waals surface area contributed by atoms with E-state index in [4.69, 9.17) is 0 Å². The van der Waals surface area contributed by atoms with Gasteiger partial charge in [-0.15, -0.1) is 0 Å². The quantitative estimate of drug-likeness (QED) is 0.369. The van der Waals surface area contributed by atoms with E-state index in [1.54, 1.807) is 0 Å². The van der Waals surface area contributed by atoms with Gasteiger partial charge in [0, 0.05) is 0 Å². The number of amides is 4. The predicted octanol–water partition coefficient (Wildman–Crippen LogP) is -1.92. The van der Waals surface area contributed by atoms with Crippen molar-refractivity contribution in [3.8, 4) is 0 Å². The second-order valence-corrected chi connectivity index (χ2v) is 2.94. The van der Waals surface area contributed by atoms with Crippen LogP contribution < -0.4 is 16.0 Å². The molecule has 6 nitrogen and oxygen atoms in total. The molecule has 0 saturated carbocycles. The molecule has 1 atom stereocenters. The van der Waals surface area contributed by atoms with E-state index >= 15 is 0 Å². The van der Waals surface area contributed by atoms with Gasteiger partial charge >= 0.3 is 6.03 Å². The van der Waals surface area contributed by atoms with Crippen LogP contribution in [-0.4, -0.2) is 29.9 Å². The molecular weight excluding hydrogens is 162 g/mol. The second kappa shape index (κ2) is 1.96. The van der Waals surface area contributed by atoms with Crippen LogP contribution in [0.3, 0.4) is 0 Å². The summed E-state index contributed by atoms with van der Waals surface area (Å²) in [7, 11) is 0. The largest absolute Gasteiger partial charge is 0.353 e. The second-order valence-electron chi connectivity index (χ2n) is 2.94. The van der Waals surface area contributed by atoms with Crippen LogP contribution >= 0.6 is 0 Å². The molecule has 0 aromatic heterocycles. The minimum atomic E-state index is -1.02. The molecule has 0 aliphatic carbocycles. The molecule has 1 spiro atoms. The molecule has 3 N–H and O–H groups in total. The van der Waals surface area contributed by atoms with Crippen molar-refractivity contribution in [2.45, 2.75) is 12.0 Å². The van der Waals surface area contributed by atoms with Crippen LogP contribution in [0.15, 0.2) is 0 Å². The monoisotopic (exact) mass is 169 g/mol. The lowest BCUT2D eigenvalue weighted by molar-refractivity contribution is -0.125. The summed E-state index contributed by atoms with van der Waals surface area (Å²) < 4.78 is 0. The molecule has 2 aliphatic rings. The molecule has 0 bridgehead atoms. The average molecular weight is 169 g/mol. The highest BCUT2D eigenvalue weighted by atomic mass is 16.2. The Morgan fingerprint density at radius 3 is 2.42 bits per heavy atom. The lowest BCUT2D eigenvalue weighted by atomic mass is 9.99. The van der Waals surface area contributed by atoms with Gasteiger partial charge in [-0.05, 0) is 0 Å². The summed E-state index contributed by atoms with van der Waals surface area (Å²) in [6, 6.07) is -0.531. The lowest BCUT2D eigenvalue weighted by Gasteiger charge is -2.15. The normalized spacial score (nSPS) is 33.5. The van der Waals surface area contributed by atoms with Crippen molar-refractivity contribution in [3.05, 3.63) is 0 Å². The Labute approximate surface area is 67.7 Å². The summed E-state index contributed by atoms with van der Waals surface area (Å²) in [5.41, 5.74) is -1.02. The van der Waals surface area contributed by atoms with Crippen molar-refractivity contribution in [1.82, 2.24) is 16.0 Å². The molecular formula is C6H7N3O3. The smallest absolute Gasteiger partial charge is 0.322 e. The molecule has 0 aromatic rings. The first-order valence-corrected chi connectivity index (χ1v) is 3.53.